The quantitative estimate of drug-likeness (QED) is 0.314. The Balaban J connectivity index is 1.60. The standard InChI is InChI=1S/C27H25ClN2O2S/c1-18-15-21(28)16-23-25(18)29-27(33-23)30(17-22-13-8-14-32-22)26(31)24(19-9-4-2-5-10-19)20-11-6-3-7-12-20/h2-7,9-12,15-16,22,24H,8,13-14,17H2,1H3. The highest BCUT2D eigenvalue weighted by molar-refractivity contribution is 7.22. The Bertz CT molecular complexity index is 1210. The minimum absolute atomic E-state index is 0.00528. The zero-order valence-electron chi connectivity index (χ0n) is 18.4. The van der Waals surface area contributed by atoms with Crippen molar-refractivity contribution < 1.29 is 9.53 Å². The van der Waals surface area contributed by atoms with E-state index in [-0.39, 0.29) is 12.0 Å². The molecular formula is C27H25ClN2O2S. The average molecular weight is 477 g/mol. The molecule has 2 heterocycles. The monoisotopic (exact) mass is 476 g/mol. The summed E-state index contributed by atoms with van der Waals surface area (Å²) in [5, 5.41) is 1.37. The van der Waals surface area contributed by atoms with Crippen molar-refractivity contribution in [3.05, 3.63) is 94.5 Å². The van der Waals surface area contributed by atoms with Gasteiger partial charge in [0.1, 0.15) is 0 Å². The highest BCUT2D eigenvalue weighted by Gasteiger charge is 2.33. The van der Waals surface area contributed by atoms with Crippen LogP contribution in [0.3, 0.4) is 0 Å². The summed E-state index contributed by atoms with van der Waals surface area (Å²) in [4.78, 5) is 21.0. The number of hydrogen-bond acceptors (Lipinski definition) is 4. The molecule has 1 aliphatic rings. The van der Waals surface area contributed by atoms with Gasteiger partial charge < -0.3 is 4.74 Å². The third-order valence-corrected chi connectivity index (χ3v) is 7.30. The van der Waals surface area contributed by atoms with E-state index in [1.807, 2.05) is 84.6 Å². The SMILES string of the molecule is Cc1cc(Cl)cc2sc(N(CC3CCCO3)C(=O)C(c3ccccc3)c3ccccc3)nc12. The molecule has 1 fully saturated rings. The maximum absolute atomic E-state index is 14.3. The fourth-order valence-electron chi connectivity index (χ4n) is 4.44. The molecule has 1 atom stereocenters. The van der Waals surface area contributed by atoms with Gasteiger partial charge in [0.15, 0.2) is 5.13 Å². The summed E-state index contributed by atoms with van der Waals surface area (Å²) >= 11 is 7.81. The van der Waals surface area contributed by atoms with Gasteiger partial charge in [-0.05, 0) is 48.6 Å². The number of aromatic nitrogens is 1. The number of ether oxygens (including phenoxy) is 1. The highest BCUT2D eigenvalue weighted by atomic mass is 35.5. The predicted octanol–water partition coefficient (Wildman–Crippen LogP) is 6.60. The van der Waals surface area contributed by atoms with Crippen LogP contribution in [0, 0.1) is 6.92 Å². The Morgan fingerprint density at radius 3 is 2.39 bits per heavy atom. The van der Waals surface area contributed by atoms with Gasteiger partial charge in [0.25, 0.3) is 0 Å². The van der Waals surface area contributed by atoms with Gasteiger partial charge in [0, 0.05) is 11.6 Å². The highest BCUT2D eigenvalue weighted by Crippen LogP contribution is 2.36. The van der Waals surface area contributed by atoms with Crippen LogP contribution in [-0.2, 0) is 9.53 Å². The Morgan fingerprint density at radius 2 is 1.79 bits per heavy atom. The summed E-state index contributed by atoms with van der Waals surface area (Å²) in [6, 6.07) is 23.8. The molecule has 4 aromatic rings. The van der Waals surface area contributed by atoms with E-state index >= 15 is 0 Å². The lowest BCUT2D eigenvalue weighted by Crippen LogP contribution is -2.40. The fourth-order valence-corrected chi connectivity index (χ4v) is 5.87. The molecule has 4 nitrogen and oxygen atoms in total. The first-order valence-electron chi connectivity index (χ1n) is 11.2. The van der Waals surface area contributed by atoms with Crippen molar-refractivity contribution in [3.8, 4) is 0 Å². The van der Waals surface area contributed by atoms with Crippen LogP contribution >= 0.6 is 22.9 Å². The molecule has 1 saturated heterocycles. The summed E-state index contributed by atoms with van der Waals surface area (Å²) in [7, 11) is 0. The second-order valence-electron chi connectivity index (χ2n) is 8.40. The third kappa shape index (κ3) is 4.67. The Hall–Kier alpha value is -2.73. The van der Waals surface area contributed by atoms with Crippen LogP contribution in [0.2, 0.25) is 5.02 Å². The van der Waals surface area contributed by atoms with Gasteiger partial charge >= 0.3 is 0 Å². The van der Waals surface area contributed by atoms with Crippen LogP contribution in [-0.4, -0.2) is 30.1 Å². The van der Waals surface area contributed by atoms with Crippen molar-refractivity contribution in [3.63, 3.8) is 0 Å². The molecule has 33 heavy (non-hydrogen) atoms. The van der Waals surface area contributed by atoms with Crippen LogP contribution in [0.1, 0.15) is 35.4 Å². The third-order valence-electron chi connectivity index (χ3n) is 6.06. The van der Waals surface area contributed by atoms with Crippen LogP contribution in [0.5, 0.6) is 0 Å². The van der Waals surface area contributed by atoms with Crippen LogP contribution in [0.4, 0.5) is 5.13 Å². The molecule has 0 bridgehead atoms. The molecule has 1 aromatic heterocycles. The lowest BCUT2D eigenvalue weighted by Gasteiger charge is -2.28. The van der Waals surface area contributed by atoms with Crippen molar-refractivity contribution in [1.82, 2.24) is 4.98 Å². The lowest BCUT2D eigenvalue weighted by molar-refractivity contribution is -0.119. The van der Waals surface area contributed by atoms with Gasteiger partial charge in [-0.25, -0.2) is 4.98 Å². The van der Waals surface area contributed by atoms with E-state index in [1.54, 1.807) is 0 Å². The number of carbonyl (C=O) groups is 1. The number of amides is 1. The van der Waals surface area contributed by atoms with Crippen LogP contribution in [0.25, 0.3) is 10.2 Å². The molecule has 0 aliphatic carbocycles. The van der Waals surface area contributed by atoms with E-state index in [0.29, 0.717) is 16.7 Å². The van der Waals surface area contributed by atoms with E-state index in [0.717, 1.165) is 46.4 Å². The maximum Gasteiger partial charge on any atom is 0.240 e. The van der Waals surface area contributed by atoms with Gasteiger partial charge in [-0.1, -0.05) is 83.6 Å². The molecular weight excluding hydrogens is 452 g/mol. The molecule has 3 aromatic carbocycles. The number of fused-ring (bicyclic) bond motifs is 1. The molecule has 1 amide bonds. The van der Waals surface area contributed by atoms with E-state index in [1.165, 1.54) is 11.3 Å². The molecule has 6 heteroatoms. The topological polar surface area (TPSA) is 42.4 Å². The van der Waals surface area contributed by atoms with Gasteiger partial charge in [-0.2, -0.15) is 0 Å². The molecule has 1 unspecified atom stereocenters. The fraction of sp³-hybridized carbons (Fsp3) is 0.259. The number of thiazole rings is 1. The van der Waals surface area contributed by atoms with Crippen molar-refractivity contribution >= 4 is 44.2 Å². The number of hydrogen-bond donors (Lipinski definition) is 0. The van der Waals surface area contributed by atoms with Gasteiger partial charge in [0.05, 0.1) is 28.8 Å². The number of anilines is 1. The summed E-state index contributed by atoms with van der Waals surface area (Å²) in [5.74, 6) is -0.420. The van der Waals surface area contributed by atoms with Crippen LogP contribution < -0.4 is 4.90 Å². The average Bonchev–Trinajstić information content (AvgIpc) is 3.49. The Morgan fingerprint density at radius 1 is 1.12 bits per heavy atom. The largest absolute Gasteiger partial charge is 0.376 e. The molecule has 0 spiro atoms. The maximum atomic E-state index is 14.3. The number of aryl methyl sites for hydroxylation is 1. The van der Waals surface area contributed by atoms with Crippen LogP contribution in [0.15, 0.2) is 72.8 Å². The first-order chi connectivity index (χ1) is 16.1. The van der Waals surface area contributed by atoms with Crippen molar-refractivity contribution in [2.45, 2.75) is 31.8 Å². The van der Waals surface area contributed by atoms with Gasteiger partial charge in [-0.15, -0.1) is 0 Å². The lowest BCUT2D eigenvalue weighted by atomic mass is 9.90. The molecule has 0 saturated carbocycles. The van der Waals surface area contributed by atoms with E-state index in [9.17, 15) is 4.79 Å². The van der Waals surface area contributed by atoms with Gasteiger partial charge in [-0.3, -0.25) is 9.69 Å². The first kappa shape index (κ1) is 22.1. The summed E-state index contributed by atoms with van der Waals surface area (Å²) in [6.45, 7) is 3.23. The number of nitrogens with zero attached hydrogens (tertiary/aromatic N) is 2. The summed E-state index contributed by atoms with van der Waals surface area (Å²) < 4.78 is 6.91. The van der Waals surface area contributed by atoms with E-state index in [2.05, 4.69) is 0 Å². The summed E-state index contributed by atoms with van der Waals surface area (Å²) in [6.07, 6.45) is 1.97. The second kappa shape index (κ2) is 9.64. The zero-order valence-corrected chi connectivity index (χ0v) is 20.0. The van der Waals surface area contributed by atoms with E-state index in [4.69, 9.17) is 21.3 Å². The Labute approximate surface area is 202 Å². The molecule has 0 N–H and O–H groups in total. The molecule has 168 valence electrons. The molecule has 0 radical (unpaired) electrons. The van der Waals surface area contributed by atoms with Crippen molar-refractivity contribution in [1.29, 1.82) is 0 Å². The number of benzene rings is 3. The predicted molar refractivity (Wildman–Crippen MR) is 135 cm³/mol. The second-order valence-corrected chi connectivity index (χ2v) is 9.85. The number of rotatable bonds is 6. The summed E-state index contributed by atoms with van der Waals surface area (Å²) in [5.41, 5.74) is 3.82. The molecule has 1 aliphatic heterocycles. The zero-order chi connectivity index (χ0) is 22.8. The van der Waals surface area contributed by atoms with E-state index < -0.39 is 5.92 Å². The van der Waals surface area contributed by atoms with Crippen molar-refractivity contribution in [2.24, 2.45) is 0 Å². The van der Waals surface area contributed by atoms with Gasteiger partial charge in [0.2, 0.25) is 5.91 Å². The van der Waals surface area contributed by atoms with Crippen molar-refractivity contribution in [2.75, 3.05) is 18.1 Å². The smallest absolute Gasteiger partial charge is 0.240 e. The minimum Gasteiger partial charge on any atom is -0.376 e. The minimum atomic E-state index is -0.425. The molecule has 5 rings (SSSR count). The normalized spacial score (nSPS) is 15.9. The Kier molecular flexibility index (Phi) is 6.45. The number of carbonyl (C=O) groups excluding carboxylic acids is 1. The number of halogens is 1. The first-order valence-corrected chi connectivity index (χ1v) is 12.4.